The summed E-state index contributed by atoms with van der Waals surface area (Å²) in [5.41, 5.74) is -2.82. The van der Waals surface area contributed by atoms with Gasteiger partial charge in [-0.05, 0) is 25.7 Å². The van der Waals surface area contributed by atoms with Crippen molar-refractivity contribution >= 4 is 17.5 Å². The Labute approximate surface area is 213 Å². The molecule has 0 aliphatic carbocycles. The summed E-state index contributed by atoms with van der Waals surface area (Å²) in [7, 11) is 0. The molecule has 1 fully saturated rings. The smallest absolute Gasteiger partial charge is 0.378 e. The molecule has 2 aromatic rings. The Morgan fingerprint density at radius 1 is 1.11 bits per heavy atom. The Morgan fingerprint density at radius 3 is 2.26 bits per heavy atom. The normalized spacial score (nSPS) is 16.3. The second-order valence-electron chi connectivity index (χ2n) is 9.53. The van der Waals surface area contributed by atoms with Crippen molar-refractivity contribution in [1.82, 2.24) is 25.6 Å². The number of carbonyl (C=O) groups is 1. The highest BCUT2D eigenvalue weighted by Crippen LogP contribution is 2.36. The maximum atomic E-state index is 13.2. The molecule has 1 unspecified atom stereocenters. The van der Waals surface area contributed by atoms with Crippen LogP contribution < -0.4 is 21.3 Å². The Balaban J connectivity index is 1.49. The molecule has 0 bridgehead atoms. The molecule has 16 heteroatoms. The fourth-order valence-corrected chi connectivity index (χ4v) is 4.08. The lowest BCUT2D eigenvalue weighted by molar-refractivity contribution is -0.146. The topological polar surface area (TPSA) is 125 Å². The number of hydrogen-bond acceptors (Lipinski definition) is 8. The van der Waals surface area contributed by atoms with Gasteiger partial charge < -0.3 is 10.2 Å². The first-order valence-electron chi connectivity index (χ1n) is 11.6. The van der Waals surface area contributed by atoms with Crippen molar-refractivity contribution in [3.8, 4) is 0 Å². The minimum Gasteiger partial charge on any atom is -0.378 e. The quantitative estimate of drug-likeness (QED) is 0.337. The number of alkyl halides is 6. The van der Waals surface area contributed by atoms with E-state index in [4.69, 9.17) is 4.84 Å². The molecule has 0 aromatic carbocycles. The molecule has 210 valence electrons. The summed E-state index contributed by atoms with van der Waals surface area (Å²) < 4.78 is 77.7. The number of aromatic nitrogens is 4. The molecule has 0 saturated carbocycles. The first-order valence-corrected chi connectivity index (χ1v) is 11.6. The van der Waals surface area contributed by atoms with E-state index in [1.165, 1.54) is 6.92 Å². The van der Waals surface area contributed by atoms with E-state index in [1.54, 1.807) is 23.8 Å². The van der Waals surface area contributed by atoms with Crippen LogP contribution in [0.3, 0.4) is 0 Å². The number of anilines is 2. The average molecular weight is 551 g/mol. The summed E-state index contributed by atoms with van der Waals surface area (Å²) in [6.45, 7) is 5.59. The monoisotopic (exact) mass is 551 g/mol. The fraction of sp³-hybridized carbons (Fsp3) is 0.591. The summed E-state index contributed by atoms with van der Waals surface area (Å²) in [5, 5.41) is 7.62. The number of rotatable bonds is 8. The number of hydrogen-bond donors (Lipinski definition) is 3. The molecule has 3 rings (SSSR count). The maximum Gasteiger partial charge on any atom is 0.423 e. The molecule has 10 nitrogen and oxygen atoms in total. The van der Waals surface area contributed by atoms with Crippen LogP contribution in [0.4, 0.5) is 38.0 Å². The van der Waals surface area contributed by atoms with Crippen LogP contribution in [0, 0.1) is 11.3 Å². The zero-order valence-electron chi connectivity index (χ0n) is 20.7. The van der Waals surface area contributed by atoms with E-state index < -0.39 is 52.1 Å². The van der Waals surface area contributed by atoms with Gasteiger partial charge in [-0.3, -0.25) is 14.4 Å². The van der Waals surface area contributed by atoms with E-state index in [2.05, 4.69) is 25.9 Å². The van der Waals surface area contributed by atoms with E-state index >= 15 is 0 Å². The lowest BCUT2D eigenvalue weighted by atomic mass is 9.73. The predicted octanol–water partition coefficient (Wildman–Crippen LogP) is 3.39. The van der Waals surface area contributed by atoms with Gasteiger partial charge in [-0.25, -0.2) is 20.5 Å². The Kier molecular flexibility index (Phi) is 8.53. The lowest BCUT2D eigenvalue weighted by Gasteiger charge is -2.39. The largest absolute Gasteiger partial charge is 0.423 e. The summed E-state index contributed by atoms with van der Waals surface area (Å²) in [6, 6.07) is -0.727. The number of hydroxylamine groups is 1. The highest BCUT2D eigenvalue weighted by atomic mass is 19.4. The predicted molar refractivity (Wildman–Crippen MR) is 123 cm³/mol. The third-order valence-electron chi connectivity index (χ3n) is 6.39. The first-order chi connectivity index (χ1) is 17.6. The van der Waals surface area contributed by atoms with E-state index in [0.717, 1.165) is 18.6 Å². The van der Waals surface area contributed by atoms with Gasteiger partial charge in [-0.2, -0.15) is 31.4 Å². The van der Waals surface area contributed by atoms with E-state index in [0.29, 0.717) is 25.9 Å². The standard InChI is InChI=1S/C22H27F6N7O3/c1-12(32-15-10-31-33-17(36)16(15)22(26,27)28)11-38-34-18(37)20(2,3)13-4-6-35(7-5-13)19-29-8-14(9-30-19)21(23,24)25/h8-10,12-13H,4-7,11H2,1-3H3,(H,34,37)(H2,32,33,36). The van der Waals surface area contributed by atoms with Crippen molar-refractivity contribution in [1.29, 1.82) is 0 Å². The van der Waals surface area contributed by atoms with Gasteiger partial charge >= 0.3 is 12.4 Å². The van der Waals surface area contributed by atoms with Crippen LogP contribution in [0.2, 0.25) is 0 Å². The molecular weight excluding hydrogens is 524 g/mol. The molecule has 38 heavy (non-hydrogen) atoms. The average Bonchev–Trinajstić information content (AvgIpc) is 2.82. The number of halogens is 6. The highest BCUT2D eigenvalue weighted by Gasteiger charge is 2.40. The molecule has 0 spiro atoms. The number of amides is 1. The molecule has 3 N–H and O–H groups in total. The van der Waals surface area contributed by atoms with Crippen LogP contribution in [0.1, 0.15) is 44.7 Å². The Bertz CT molecular complexity index is 1160. The van der Waals surface area contributed by atoms with Crippen LogP contribution in [-0.2, 0) is 22.0 Å². The molecule has 1 aliphatic heterocycles. The zero-order chi connectivity index (χ0) is 28.3. The fourth-order valence-electron chi connectivity index (χ4n) is 4.08. The van der Waals surface area contributed by atoms with Crippen LogP contribution >= 0.6 is 0 Å². The molecule has 1 atom stereocenters. The number of aromatic amines is 1. The summed E-state index contributed by atoms with van der Waals surface area (Å²) in [5.74, 6) is -0.362. The van der Waals surface area contributed by atoms with Gasteiger partial charge in [0.25, 0.3) is 5.56 Å². The van der Waals surface area contributed by atoms with Gasteiger partial charge in [-0.15, -0.1) is 0 Å². The van der Waals surface area contributed by atoms with Crippen molar-refractivity contribution in [2.24, 2.45) is 11.3 Å². The number of piperidine rings is 1. The van der Waals surface area contributed by atoms with Crippen molar-refractivity contribution in [3.63, 3.8) is 0 Å². The van der Waals surface area contributed by atoms with Gasteiger partial charge in [0.2, 0.25) is 11.9 Å². The zero-order valence-corrected chi connectivity index (χ0v) is 20.7. The van der Waals surface area contributed by atoms with Gasteiger partial charge in [0.1, 0.15) is 5.56 Å². The second kappa shape index (κ2) is 11.1. The van der Waals surface area contributed by atoms with Gasteiger partial charge in [0, 0.05) is 36.9 Å². The number of H-pyrrole nitrogens is 1. The van der Waals surface area contributed by atoms with Crippen molar-refractivity contribution in [2.75, 3.05) is 29.9 Å². The minimum atomic E-state index is -4.90. The van der Waals surface area contributed by atoms with Gasteiger partial charge in [0.15, 0.2) is 0 Å². The summed E-state index contributed by atoms with van der Waals surface area (Å²) in [4.78, 5) is 39.0. The summed E-state index contributed by atoms with van der Waals surface area (Å²) >= 11 is 0. The first kappa shape index (κ1) is 29.1. The third kappa shape index (κ3) is 6.90. The number of nitrogens with one attached hydrogen (secondary N) is 3. The lowest BCUT2D eigenvalue weighted by Crippen LogP contribution is -2.47. The Hall–Kier alpha value is -3.43. The number of nitrogens with zero attached hydrogens (tertiary/aromatic N) is 4. The summed E-state index contributed by atoms with van der Waals surface area (Å²) in [6.07, 6.45) is -6.04. The third-order valence-corrected chi connectivity index (χ3v) is 6.39. The van der Waals surface area contributed by atoms with Crippen LogP contribution in [-0.4, -0.2) is 51.8 Å². The number of carbonyl (C=O) groups excluding carboxylic acids is 1. The van der Waals surface area contributed by atoms with E-state index in [1.807, 2.05) is 0 Å². The van der Waals surface area contributed by atoms with Gasteiger partial charge in [0.05, 0.1) is 24.1 Å². The Morgan fingerprint density at radius 2 is 1.71 bits per heavy atom. The minimum absolute atomic E-state index is 0.0937. The molecule has 0 radical (unpaired) electrons. The van der Waals surface area contributed by atoms with Crippen molar-refractivity contribution in [3.05, 3.63) is 40.1 Å². The molecule has 2 aromatic heterocycles. The maximum absolute atomic E-state index is 13.2. The van der Waals surface area contributed by atoms with Crippen LogP contribution in [0.25, 0.3) is 0 Å². The van der Waals surface area contributed by atoms with Crippen LogP contribution in [0.5, 0.6) is 0 Å². The second-order valence-corrected chi connectivity index (χ2v) is 9.53. The molecule has 1 amide bonds. The van der Waals surface area contributed by atoms with Gasteiger partial charge in [-0.1, -0.05) is 13.8 Å². The van der Waals surface area contributed by atoms with Crippen molar-refractivity contribution < 1.29 is 36.0 Å². The molecule has 3 heterocycles. The SMILES string of the molecule is CC(CONC(=O)C(C)(C)C1CCN(c2ncc(C(F)(F)F)cn2)CC1)Nc1cn[nH]c(=O)c1C(F)(F)F. The van der Waals surface area contributed by atoms with E-state index in [9.17, 15) is 35.9 Å². The highest BCUT2D eigenvalue weighted by molar-refractivity contribution is 5.81. The molecular formula is C22H27F6N7O3. The molecule has 1 aliphatic rings. The van der Waals surface area contributed by atoms with Crippen molar-refractivity contribution in [2.45, 2.75) is 52.0 Å². The molecule has 1 saturated heterocycles. The van der Waals surface area contributed by atoms with Crippen LogP contribution in [0.15, 0.2) is 23.4 Å². The van der Waals surface area contributed by atoms with E-state index in [-0.39, 0.29) is 18.5 Å².